The second-order valence-corrected chi connectivity index (χ2v) is 5.61. The second-order valence-electron chi connectivity index (χ2n) is 5.61. The molecule has 1 amide bonds. The zero-order chi connectivity index (χ0) is 15.2. The molecule has 0 aliphatic rings. The van der Waals surface area contributed by atoms with Gasteiger partial charge >= 0.3 is 5.97 Å². The molecular formula is C16H23NO3. The molecule has 0 bridgehead atoms. The van der Waals surface area contributed by atoms with Crippen LogP contribution in [0.25, 0.3) is 0 Å². The summed E-state index contributed by atoms with van der Waals surface area (Å²) < 4.78 is 4.82. The Kier molecular flexibility index (Phi) is 5.74. The Balaban J connectivity index is 2.67. The number of benzene rings is 1. The van der Waals surface area contributed by atoms with Gasteiger partial charge in [-0.05, 0) is 24.0 Å². The van der Waals surface area contributed by atoms with Gasteiger partial charge in [-0.2, -0.15) is 0 Å². The largest absolute Gasteiger partial charge is 0.466 e. The number of nitrogens with one attached hydrogen (secondary N) is 1. The van der Waals surface area contributed by atoms with Gasteiger partial charge in [-0.15, -0.1) is 0 Å². The number of rotatable bonds is 5. The van der Waals surface area contributed by atoms with Gasteiger partial charge in [0.25, 0.3) is 5.91 Å². The third-order valence-corrected chi connectivity index (χ3v) is 2.90. The summed E-state index contributed by atoms with van der Waals surface area (Å²) in [5.41, 5.74) is 1.55. The number of carbonyl (C=O) groups excluding carboxylic acids is 2. The Bertz CT molecular complexity index is 475. The highest BCUT2D eigenvalue weighted by molar-refractivity contribution is 5.96. The maximum absolute atomic E-state index is 12.2. The maximum Gasteiger partial charge on any atom is 0.307 e. The molecule has 0 aliphatic carbocycles. The molecule has 0 atom stereocenters. The molecule has 0 aliphatic heterocycles. The number of amides is 1. The van der Waals surface area contributed by atoms with Gasteiger partial charge in [0.05, 0.1) is 13.0 Å². The number of hydrogen-bond acceptors (Lipinski definition) is 3. The van der Waals surface area contributed by atoms with Gasteiger partial charge in [-0.25, -0.2) is 0 Å². The summed E-state index contributed by atoms with van der Waals surface area (Å²) in [4.78, 5) is 23.4. The summed E-state index contributed by atoms with van der Waals surface area (Å²) in [6.07, 6.45) is 0.192. The monoisotopic (exact) mass is 277 g/mol. The topological polar surface area (TPSA) is 55.4 Å². The van der Waals surface area contributed by atoms with Crippen LogP contribution < -0.4 is 5.32 Å². The second kappa shape index (κ2) is 7.08. The van der Waals surface area contributed by atoms with E-state index in [2.05, 4.69) is 26.1 Å². The molecule has 1 rings (SSSR count). The lowest BCUT2D eigenvalue weighted by molar-refractivity contribution is -0.142. The quantitative estimate of drug-likeness (QED) is 0.842. The summed E-state index contributed by atoms with van der Waals surface area (Å²) >= 11 is 0. The highest BCUT2D eigenvalue weighted by Gasteiger charge is 2.20. The van der Waals surface area contributed by atoms with Gasteiger partial charge in [-0.1, -0.05) is 39.0 Å². The van der Waals surface area contributed by atoms with Crippen molar-refractivity contribution in [3.63, 3.8) is 0 Å². The summed E-state index contributed by atoms with van der Waals surface area (Å²) in [6, 6.07) is 7.53. The Labute approximate surface area is 120 Å². The van der Waals surface area contributed by atoms with E-state index >= 15 is 0 Å². The molecule has 4 heteroatoms. The maximum atomic E-state index is 12.2. The highest BCUT2D eigenvalue weighted by atomic mass is 16.5. The lowest BCUT2D eigenvalue weighted by atomic mass is 9.83. The summed E-state index contributed by atoms with van der Waals surface area (Å²) in [5.74, 6) is -0.447. The number of esters is 1. The molecule has 1 N–H and O–H groups in total. The van der Waals surface area contributed by atoms with E-state index in [9.17, 15) is 9.59 Å². The minimum atomic E-state index is -0.295. The zero-order valence-corrected chi connectivity index (χ0v) is 12.7. The lowest BCUT2D eigenvalue weighted by Crippen LogP contribution is -2.29. The van der Waals surface area contributed by atoms with Gasteiger partial charge in [0, 0.05) is 12.1 Å². The molecule has 1 aromatic rings. The predicted molar refractivity (Wildman–Crippen MR) is 78.7 cm³/mol. The molecule has 110 valence electrons. The third-order valence-electron chi connectivity index (χ3n) is 2.90. The van der Waals surface area contributed by atoms with E-state index in [1.165, 1.54) is 0 Å². The van der Waals surface area contributed by atoms with Crippen molar-refractivity contribution in [1.29, 1.82) is 0 Å². The molecule has 0 heterocycles. The van der Waals surface area contributed by atoms with Gasteiger partial charge in [0.15, 0.2) is 0 Å². The van der Waals surface area contributed by atoms with E-state index in [-0.39, 0.29) is 30.3 Å². The van der Waals surface area contributed by atoms with Crippen LogP contribution in [0.3, 0.4) is 0 Å². The first-order chi connectivity index (χ1) is 9.36. The van der Waals surface area contributed by atoms with E-state index in [0.717, 1.165) is 5.56 Å². The molecule has 0 spiro atoms. The fourth-order valence-electron chi connectivity index (χ4n) is 1.94. The molecular weight excluding hydrogens is 254 g/mol. The first-order valence-corrected chi connectivity index (χ1v) is 6.89. The van der Waals surface area contributed by atoms with Crippen molar-refractivity contribution in [3.05, 3.63) is 35.4 Å². The van der Waals surface area contributed by atoms with Crippen molar-refractivity contribution in [2.24, 2.45) is 0 Å². The van der Waals surface area contributed by atoms with Crippen molar-refractivity contribution in [2.75, 3.05) is 13.2 Å². The fourth-order valence-corrected chi connectivity index (χ4v) is 1.94. The Morgan fingerprint density at radius 1 is 1.20 bits per heavy atom. The molecule has 0 saturated carbocycles. The number of hydrogen-bond donors (Lipinski definition) is 1. The smallest absolute Gasteiger partial charge is 0.307 e. The van der Waals surface area contributed by atoms with E-state index in [0.29, 0.717) is 12.2 Å². The Morgan fingerprint density at radius 3 is 2.45 bits per heavy atom. The molecule has 0 radical (unpaired) electrons. The summed E-state index contributed by atoms with van der Waals surface area (Å²) in [7, 11) is 0. The molecule has 0 fully saturated rings. The minimum absolute atomic E-state index is 0.102. The van der Waals surface area contributed by atoms with E-state index in [1.807, 2.05) is 18.2 Å². The average molecular weight is 277 g/mol. The van der Waals surface area contributed by atoms with Gasteiger partial charge in [0.2, 0.25) is 0 Å². The molecule has 20 heavy (non-hydrogen) atoms. The van der Waals surface area contributed by atoms with Crippen LogP contribution >= 0.6 is 0 Å². The first kappa shape index (κ1) is 16.2. The SMILES string of the molecule is CCOC(=O)CCNC(=O)c1ccccc1C(C)(C)C. The van der Waals surface area contributed by atoms with Crippen LogP contribution in [0, 0.1) is 0 Å². The van der Waals surface area contributed by atoms with Crippen LogP contribution in [0.1, 0.15) is 50.0 Å². The van der Waals surface area contributed by atoms with Crippen LogP contribution in [0.2, 0.25) is 0 Å². The van der Waals surface area contributed by atoms with Crippen LogP contribution in [-0.2, 0) is 14.9 Å². The van der Waals surface area contributed by atoms with Crippen LogP contribution in [-0.4, -0.2) is 25.0 Å². The fraction of sp³-hybridized carbons (Fsp3) is 0.500. The standard InChI is InChI=1S/C16H23NO3/c1-5-20-14(18)10-11-17-15(19)12-8-6-7-9-13(12)16(2,3)4/h6-9H,5,10-11H2,1-4H3,(H,17,19). The lowest BCUT2D eigenvalue weighted by Gasteiger charge is -2.22. The highest BCUT2D eigenvalue weighted by Crippen LogP contribution is 2.25. The van der Waals surface area contributed by atoms with Gasteiger partial charge in [0.1, 0.15) is 0 Å². The predicted octanol–water partition coefficient (Wildman–Crippen LogP) is 2.67. The average Bonchev–Trinajstić information content (AvgIpc) is 2.38. The van der Waals surface area contributed by atoms with Crippen molar-refractivity contribution in [3.8, 4) is 0 Å². The first-order valence-electron chi connectivity index (χ1n) is 6.89. The Hall–Kier alpha value is -1.84. The van der Waals surface area contributed by atoms with Crippen LogP contribution in [0.15, 0.2) is 24.3 Å². The summed E-state index contributed by atoms with van der Waals surface area (Å²) in [6.45, 7) is 8.61. The molecule has 0 unspecified atom stereocenters. The van der Waals surface area contributed by atoms with Gasteiger partial charge < -0.3 is 10.1 Å². The molecule has 0 aromatic heterocycles. The van der Waals surface area contributed by atoms with Crippen molar-refractivity contribution >= 4 is 11.9 Å². The normalized spacial score (nSPS) is 11.0. The van der Waals surface area contributed by atoms with E-state index in [4.69, 9.17) is 4.74 Å². The molecule has 1 aromatic carbocycles. The van der Waals surface area contributed by atoms with Crippen LogP contribution in [0.5, 0.6) is 0 Å². The van der Waals surface area contributed by atoms with Crippen LogP contribution in [0.4, 0.5) is 0 Å². The number of ether oxygens (including phenoxy) is 1. The van der Waals surface area contributed by atoms with E-state index in [1.54, 1.807) is 13.0 Å². The minimum Gasteiger partial charge on any atom is -0.466 e. The number of carbonyl (C=O) groups is 2. The molecule has 0 saturated heterocycles. The third kappa shape index (κ3) is 4.68. The van der Waals surface area contributed by atoms with Crippen molar-refractivity contribution in [2.45, 2.75) is 39.5 Å². The summed E-state index contributed by atoms with van der Waals surface area (Å²) in [5, 5.41) is 2.76. The van der Waals surface area contributed by atoms with Crippen molar-refractivity contribution in [1.82, 2.24) is 5.32 Å². The van der Waals surface area contributed by atoms with E-state index < -0.39 is 0 Å². The van der Waals surface area contributed by atoms with Gasteiger partial charge in [-0.3, -0.25) is 9.59 Å². The zero-order valence-electron chi connectivity index (χ0n) is 12.7. The Morgan fingerprint density at radius 2 is 1.85 bits per heavy atom. The van der Waals surface area contributed by atoms with Crippen molar-refractivity contribution < 1.29 is 14.3 Å². The molecule has 4 nitrogen and oxygen atoms in total.